The molecule has 12 aromatic rings. The molecular formula is C72H74F2N14O9. The third-order valence-electron chi connectivity index (χ3n) is 19.3. The van der Waals surface area contributed by atoms with Gasteiger partial charge in [0, 0.05) is 131 Å². The van der Waals surface area contributed by atoms with Crippen molar-refractivity contribution in [1.82, 2.24) is 65.3 Å². The number of nitrogens with one attached hydrogen (secondary N) is 3. The lowest BCUT2D eigenvalue weighted by Crippen LogP contribution is -2.49. The lowest BCUT2D eigenvalue weighted by atomic mass is 9.98. The molecule has 0 bridgehead atoms. The van der Waals surface area contributed by atoms with Crippen molar-refractivity contribution in [3.05, 3.63) is 131 Å². The monoisotopic (exact) mass is 1320 g/mol. The number of likely N-dealkylation sites (tertiary alicyclic amines) is 2. The molecule has 6 N–H and O–H groups in total. The summed E-state index contributed by atoms with van der Waals surface area (Å²) in [7, 11) is 3.18. The molecule has 0 unspecified atom stereocenters. The van der Waals surface area contributed by atoms with Gasteiger partial charge < -0.3 is 63.9 Å². The number of halogens is 2. The Morgan fingerprint density at radius 2 is 1.01 bits per heavy atom. The van der Waals surface area contributed by atoms with Crippen molar-refractivity contribution in [2.75, 3.05) is 66.8 Å². The van der Waals surface area contributed by atoms with Crippen LogP contribution in [0.5, 0.6) is 11.5 Å². The summed E-state index contributed by atoms with van der Waals surface area (Å²) in [6, 6.07) is 21.6. The van der Waals surface area contributed by atoms with Gasteiger partial charge in [-0.25, -0.2) is 33.5 Å². The van der Waals surface area contributed by atoms with E-state index in [0.29, 0.717) is 118 Å². The number of carboxylic acid groups (broad SMARTS) is 1. The Morgan fingerprint density at radius 3 is 1.44 bits per heavy atom. The average Bonchev–Trinajstić information content (AvgIpc) is 1.68. The number of methoxy groups -OCH3 is 2. The maximum Gasteiger partial charge on any atom is 0.374 e. The summed E-state index contributed by atoms with van der Waals surface area (Å²) >= 11 is 0. The molecule has 97 heavy (non-hydrogen) atoms. The fourth-order valence-electron chi connectivity index (χ4n) is 14.4. The zero-order chi connectivity index (χ0) is 67.2. The van der Waals surface area contributed by atoms with Crippen LogP contribution in [0.15, 0.2) is 94.2 Å². The minimum Gasteiger partial charge on any atom is -0.496 e. The number of ether oxygens (including phenoxy) is 4. The number of carboxylic acids is 1. The van der Waals surface area contributed by atoms with Crippen molar-refractivity contribution in [1.29, 1.82) is 0 Å². The van der Waals surface area contributed by atoms with E-state index < -0.39 is 17.6 Å². The number of carbonyl (C=O) groups excluding carboxylic acids is 1. The Bertz CT molecular complexity index is 4930. The zero-order valence-electron chi connectivity index (χ0n) is 54.7. The molecule has 4 aliphatic heterocycles. The number of amides is 1. The van der Waals surface area contributed by atoms with Crippen LogP contribution in [0.4, 0.5) is 8.78 Å². The second-order valence-electron chi connectivity index (χ2n) is 25.3. The summed E-state index contributed by atoms with van der Waals surface area (Å²) in [5.74, 6) is -0.319. The molecule has 0 aliphatic carbocycles. The summed E-state index contributed by atoms with van der Waals surface area (Å²) in [5, 5.41) is 25.0. The van der Waals surface area contributed by atoms with Crippen LogP contribution in [0.25, 0.3) is 110 Å². The van der Waals surface area contributed by atoms with Gasteiger partial charge in [0.25, 0.3) is 5.91 Å². The molecule has 4 fully saturated rings. The van der Waals surface area contributed by atoms with Crippen LogP contribution in [0.3, 0.4) is 0 Å². The first-order valence-electron chi connectivity index (χ1n) is 32.8. The molecule has 8 aromatic heterocycles. The number of fused-ring (bicyclic) bond motifs is 8. The van der Waals surface area contributed by atoms with Crippen LogP contribution in [-0.4, -0.2) is 168 Å². The highest BCUT2D eigenvalue weighted by molar-refractivity contribution is 6.18. The largest absolute Gasteiger partial charge is 0.496 e. The molecule has 500 valence electrons. The number of H-pyrrole nitrogens is 2. The molecule has 4 aromatic carbocycles. The van der Waals surface area contributed by atoms with E-state index in [9.17, 15) is 23.5 Å². The molecule has 23 nitrogen and oxygen atoms in total. The predicted octanol–water partition coefficient (Wildman–Crippen LogP) is 12.2. The van der Waals surface area contributed by atoms with Gasteiger partial charge in [0.2, 0.25) is 11.6 Å². The van der Waals surface area contributed by atoms with Crippen LogP contribution < -0.4 is 20.5 Å². The minimum absolute atomic E-state index is 0.0109. The van der Waals surface area contributed by atoms with Gasteiger partial charge in [0.15, 0.2) is 0 Å². The van der Waals surface area contributed by atoms with Gasteiger partial charge >= 0.3 is 5.97 Å². The lowest BCUT2D eigenvalue weighted by molar-refractivity contribution is 0.0238. The predicted molar refractivity (Wildman–Crippen MR) is 363 cm³/mol. The van der Waals surface area contributed by atoms with Crippen molar-refractivity contribution in [2.24, 2.45) is 5.73 Å². The molecule has 1 amide bonds. The molecule has 12 heterocycles. The number of hydrogen-bond acceptors (Lipinski definition) is 19. The smallest absolute Gasteiger partial charge is 0.374 e. The Balaban J connectivity index is 0.000000144. The van der Waals surface area contributed by atoms with Crippen LogP contribution in [-0.2, 0) is 9.47 Å². The quantitative estimate of drug-likeness (QED) is 0.0804. The topological polar surface area (TPSA) is 297 Å². The van der Waals surface area contributed by atoms with E-state index in [-0.39, 0.29) is 23.6 Å². The standard InChI is InChI=1S/C36H36FN7O4.C26H18FN5O4.C10H20N2O/c1-19-31(20(2)48-43-19)27-17-29-26(18-30(27)46-3)32-33(24-6-11-38-28-5-4-21(37)16-25(24)28)41-35(42-34(32)40-29)36(45)39-22-7-12-44(13-8-22)23-9-14-47-15-10-23;1-11-21(12(2)36-32-11)17-9-19-16(10-20(17)35-3)22-23(30-25(26(33)34)31-24(22)29-19)14-6-7-28-18-5-4-13(27)8-15(14)18;11-9-1-5-12(6-2-9)10-3-7-13-8-4-10/h4-6,11,16-18,22-23H,7-10,12-15H2,1-3H3,(H,39,45)(H,40,41,42);4-10H,1-3H3,(H,33,34)(H,29,30,31);9-10H,1-8,11H2. The van der Waals surface area contributed by atoms with Crippen molar-refractivity contribution in [3.63, 3.8) is 0 Å². The zero-order valence-corrected chi connectivity index (χ0v) is 54.7. The van der Waals surface area contributed by atoms with Crippen LogP contribution in [0, 0.1) is 39.3 Å². The van der Waals surface area contributed by atoms with E-state index in [0.717, 1.165) is 110 Å². The maximum absolute atomic E-state index is 14.6. The van der Waals surface area contributed by atoms with Crippen LogP contribution in [0.2, 0.25) is 0 Å². The highest BCUT2D eigenvalue weighted by Crippen LogP contribution is 2.45. The van der Waals surface area contributed by atoms with Gasteiger partial charge in [0.05, 0.1) is 69.9 Å². The van der Waals surface area contributed by atoms with Gasteiger partial charge in [-0.2, -0.15) is 0 Å². The van der Waals surface area contributed by atoms with Gasteiger partial charge in [0.1, 0.15) is 45.9 Å². The van der Waals surface area contributed by atoms with Crippen molar-refractivity contribution in [3.8, 4) is 56.3 Å². The summed E-state index contributed by atoms with van der Waals surface area (Å²) in [4.78, 5) is 64.6. The van der Waals surface area contributed by atoms with E-state index in [4.69, 9.17) is 43.7 Å². The molecule has 4 saturated heterocycles. The molecular weight excluding hydrogens is 1240 g/mol. The molecule has 0 spiro atoms. The number of nitrogens with two attached hydrogens (primary N) is 1. The van der Waals surface area contributed by atoms with Crippen LogP contribution in [0.1, 0.15) is 95.5 Å². The third kappa shape index (κ3) is 12.8. The Kier molecular flexibility index (Phi) is 18.1. The highest BCUT2D eigenvalue weighted by Gasteiger charge is 2.31. The lowest BCUT2D eigenvalue weighted by Gasteiger charge is -2.39. The van der Waals surface area contributed by atoms with Crippen LogP contribution >= 0.6 is 0 Å². The van der Waals surface area contributed by atoms with E-state index >= 15 is 0 Å². The first-order chi connectivity index (χ1) is 47.1. The van der Waals surface area contributed by atoms with Gasteiger partial charge in [-0.05, 0) is 165 Å². The molecule has 4 aliphatic rings. The molecule has 0 atom stereocenters. The summed E-state index contributed by atoms with van der Waals surface area (Å²) in [6.45, 7) is 15.2. The summed E-state index contributed by atoms with van der Waals surface area (Å²) in [5.41, 5.74) is 16.0. The highest BCUT2D eigenvalue weighted by atomic mass is 19.1. The number of piperidine rings is 2. The number of hydrogen-bond donors (Lipinski definition) is 5. The maximum atomic E-state index is 14.6. The second kappa shape index (κ2) is 27.3. The van der Waals surface area contributed by atoms with E-state index in [1.165, 1.54) is 63.0 Å². The normalized spacial score (nSPS) is 16.5. The first-order valence-corrected chi connectivity index (χ1v) is 32.8. The van der Waals surface area contributed by atoms with E-state index in [2.05, 4.69) is 55.3 Å². The van der Waals surface area contributed by atoms with Gasteiger partial charge in [-0.15, -0.1) is 0 Å². The van der Waals surface area contributed by atoms with Crippen molar-refractivity contribution in [2.45, 2.75) is 103 Å². The number of aryl methyl sites for hydroxylation is 4. The second-order valence-corrected chi connectivity index (χ2v) is 25.3. The SMILES string of the molecule is COc1cc2c(cc1-c1c(C)noc1C)[nH]c1nc(C(=O)NC3CCN(C4CCOCC4)CC3)nc(-c3ccnc4ccc(F)cc34)c12.COc1cc2c(cc1-c1c(C)noc1C)[nH]c1nc(C(=O)O)nc(-c3ccnc4ccc(F)cc34)c12.NC1CCN(C2CCOCC2)CC1. The number of rotatable bonds is 11. The molecule has 25 heteroatoms. The fourth-order valence-corrected chi connectivity index (χ4v) is 14.4. The minimum atomic E-state index is -1.28. The number of aromatic nitrogens is 10. The first kappa shape index (κ1) is 64.4. The van der Waals surface area contributed by atoms with Gasteiger partial charge in [-0.1, -0.05) is 10.3 Å². The number of aromatic amines is 2. The molecule has 0 radical (unpaired) electrons. The van der Waals surface area contributed by atoms with Crippen molar-refractivity contribution >= 4 is 77.6 Å². The Morgan fingerprint density at radius 1 is 0.567 bits per heavy atom. The third-order valence-corrected chi connectivity index (χ3v) is 19.3. The van der Waals surface area contributed by atoms with Crippen molar-refractivity contribution < 1.29 is 51.5 Å². The summed E-state index contributed by atoms with van der Waals surface area (Å²) in [6.07, 6.45) is 11.8. The average molecular weight is 1320 g/mol. The number of aromatic carboxylic acids is 1. The Hall–Kier alpha value is -9.92. The molecule has 16 rings (SSSR count). The van der Waals surface area contributed by atoms with Gasteiger partial charge in [-0.3, -0.25) is 14.8 Å². The van der Waals surface area contributed by atoms with E-state index in [1.54, 1.807) is 50.9 Å². The summed E-state index contributed by atoms with van der Waals surface area (Å²) < 4.78 is 62.1. The number of nitrogens with zero attached hydrogens (tertiary/aromatic N) is 10. The number of carbonyl (C=O) groups is 2. The number of pyridine rings is 2. The number of benzene rings is 4. The fraction of sp³-hybridized carbons (Fsp3) is 0.361. The Labute approximate surface area is 555 Å². The molecule has 0 saturated carbocycles. The van der Waals surface area contributed by atoms with E-state index in [1.807, 2.05) is 52.0 Å².